The van der Waals surface area contributed by atoms with Gasteiger partial charge >= 0.3 is 0 Å². The summed E-state index contributed by atoms with van der Waals surface area (Å²) in [7, 11) is 0. The van der Waals surface area contributed by atoms with Crippen LogP contribution in [-0.2, 0) is 5.41 Å². The molecule has 0 aromatic heterocycles. The lowest BCUT2D eigenvalue weighted by molar-refractivity contribution is 0.0976. The Morgan fingerprint density at radius 2 is 1.29 bits per heavy atom. The second kappa shape index (κ2) is 9.53. The molecule has 0 spiro atoms. The van der Waals surface area contributed by atoms with Gasteiger partial charge in [0, 0.05) is 22.5 Å². The Hall–Kier alpha value is -3.51. The molecule has 0 bridgehead atoms. The number of hydrogen-bond donors (Lipinski definition) is 3. The number of nitrogens with one attached hydrogen (secondary N) is 3. The summed E-state index contributed by atoms with van der Waals surface area (Å²) < 4.78 is 0. The molecule has 0 aliphatic carbocycles. The average molecular weight is 432 g/mol. The van der Waals surface area contributed by atoms with E-state index in [1.807, 2.05) is 30.3 Å². The van der Waals surface area contributed by atoms with Crippen molar-refractivity contribution in [1.29, 1.82) is 0 Å². The van der Waals surface area contributed by atoms with Gasteiger partial charge in [0.25, 0.3) is 11.8 Å². The van der Waals surface area contributed by atoms with E-state index in [1.165, 1.54) is 0 Å². The summed E-state index contributed by atoms with van der Waals surface area (Å²) in [5, 5.41) is 8.69. The summed E-state index contributed by atoms with van der Waals surface area (Å²) >= 11 is 5.27. The van der Waals surface area contributed by atoms with E-state index in [2.05, 4.69) is 36.7 Å². The molecule has 158 valence electrons. The van der Waals surface area contributed by atoms with Crippen LogP contribution in [0.15, 0.2) is 78.9 Å². The maximum absolute atomic E-state index is 12.5. The minimum atomic E-state index is -0.286. The lowest BCUT2D eigenvalue weighted by atomic mass is 9.87. The lowest BCUT2D eigenvalue weighted by Gasteiger charge is -2.19. The van der Waals surface area contributed by atoms with Crippen LogP contribution in [0.25, 0.3) is 0 Å². The van der Waals surface area contributed by atoms with Crippen molar-refractivity contribution >= 4 is 40.5 Å². The van der Waals surface area contributed by atoms with Crippen molar-refractivity contribution in [3.63, 3.8) is 0 Å². The van der Waals surface area contributed by atoms with Crippen LogP contribution < -0.4 is 16.0 Å². The van der Waals surface area contributed by atoms with E-state index in [9.17, 15) is 9.59 Å². The average Bonchev–Trinajstić information content (AvgIpc) is 2.74. The van der Waals surface area contributed by atoms with Gasteiger partial charge in [-0.25, -0.2) is 0 Å². The van der Waals surface area contributed by atoms with Crippen LogP contribution in [0.4, 0.5) is 11.4 Å². The second-order valence-electron chi connectivity index (χ2n) is 8.14. The maximum Gasteiger partial charge on any atom is 0.257 e. The molecular formula is C25H25N3O2S. The molecule has 0 fully saturated rings. The first kappa shape index (κ1) is 22.2. The molecule has 0 saturated heterocycles. The molecule has 0 heterocycles. The van der Waals surface area contributed by atoms with Gasteiger partial charge in [0.15, 0.2) is 5.11 Å². The first-order valence-corrected chi connectivity index (χ1v) is 10.3. The van der Waals surface area contributed by atoms with Gasteiger partial charge in [0.05, 0.1) is 0 Å². The van der Waals surface area contributed by atoms with Gasteiger partial charge in [-0.3, -0.25) is 14.9 Å². The molecule has 3 aromatic rings. The molecule has 5 nitrogen and oxygen atoms in total. The number of carbonyl (C=O) groups is 2. The third kappa shape index (κ3) is 6.23. The van der Waals surface area contributed by atoms with Crippen molar-refractivity contribution in [2.75, 3.05) is 10.6 Å². The van der Waals surface area contributed by atoms with Crippen molar-refractivity contribution in [2.45, 2.75) is 26.2 Å². The summed E-state index contributed by atoms with van der Waals surface area (Å²) in [5.74, 6) is -0.487. The molecule has 0 aliphatic rings. The highest BCUT2D eigenvalue weighted by molar-refractivity contribution is 7.80. The van der Waals surface area contributed by atoms with Gasteiger partial charge in [-0.2, -0.15) is 0 Å². The number of hydrogen-bond acceptors (Lipinski definition) is 3. The van der Waals surface area contributed by atoms with Crippen LogP contribution in [0.3, 0.4) is 0 Å². The Labute approximate surface area is 187 Å². The van der Waals surface area contributed by atoms with E-state index in [0.29, 0.717) is 22.5 Å². The van der Waals surface area contributed by atoms with Crippen molar-refractivity contribution in [1.82, 2.24) is 5.32 Å². The summed E-state index contributed by atoms with van der Waals surface area (Å²) in [5.41, 5.74) is 3.54. The predicted octanol–water partition coefficient (Wildman–Crippen LogP) is 5.36. The summed E-state index contributed by atoms with van der Waals surface area (Å²) in [6, 6.07) is 23.6. The SMILES string of the molecule is CC(C)(C)c1ccc(C(=O)NC(=S)Nc2cccc(NC(=O)c3ccccc3)c2)cc1. The number of anilines is 2. The van der Waals surface area contributed by atoms with E-state index in [1.54, 1.807) is 48.5 Å². The van der Waals surface area contributed by atoms with Crippen LogP contribution in [0.2, 0.25) is 0 Å². The molecule has 3 aromatic carbocycles. The number of thiocarbonyl (C=S) groups is 1. The van der Waals surface area contributed by atoms with Crippen molar-refractivity contribution < 1.29 is 9.59 Å². The first-order chi connectivity index (χ1) is 14.7. The van der Waals surface area contributed by atoms with Crippen LogP contribution in [-0.4, -0.2) is 16.9 Å². The Kier molecular flexibility index (Phi) is 6.82. The van der Waals surface area contributed by atoms with Crippen molar-refractivity contribution in [3.05, 3.63) is 95.6 Å². The van der Waals surface area contributed by atoms with E-state index in [-0.39, 0.29) is 22.3 Å². The van der Waals surface area contributed by atoms with Crippen LogP contribution in [0.1, 0.15) is 47.1 Å². The van der Waals surface area contributed by atoms with E-state index >= 15 is 0 Å². The molecule has 31 heavy (non-hydrogen) atoms. The second-order valence-corrected chi connectivity index (χ2v) is 8.54. The molecule has 0 atom stereocenters. The van der Waals surface area contributed by atoms with Crippen LogP contribution >= 0.6 is 12.2 Å². The third-order valence-corrected chi connectivity index (χ3v) is 4.86. The molecule has 0 saturated carbocycles. The smallest absolute Gasteiger partial charge is 0.257 e. The molecule has 3 rings (SSSR count). The molecule has 0 radical (unpaired) electrons. The van der Waals surface area contributed by atoms with Gasteiger partial charge < -0.3 is 10.6 Å². The fourth-order valence-electron chi connectivity index (χ4n) is 2.93. The minimum absolute atomic E-state index is 0.0206. The topological polar surface area (TPSA) is 70.2 Å². The summed E-state index contributed by atoms with van der Waals surface area (Å²) in [6.07, 6.45) is 0. The number of benzene rings is 3. The largest absolute Gasteiger partial charge is 0.332 e. The van der Waals surface area contributed by atoms with Gasteiger partial charge in [-0.1, -0.05) is 57.2 Å². The Bertz CT molecular complexity index is 1090. The predicted molar refractivity (Wildman–Crippen MR) is 130 cm³/mol. The van der Waals surface area contributed by atoms with E-state index in [0.717, 1.165) is 5.56 Å². The zero-order chi connectivity index (χ0) is 22.4. The van der Waals surface area contributed by atoms with Crippen molar-refractivity contribution in [2.24, 2.45) is 0 Å². The zero-order valence-corrected chi connectivity index (χ0v) is 18.5. The standard InChI is InChI=1S/C25H25N3O2S/c1-25(2,3)19-14-12-18(13-15-19)23(30)28-24(31)27-21-11-7-10-20(16-21)26-22(29)17-8-5-4-6-9-17/h4-16H,1-3H3,(H,26,29)(H2,27,28,30,31). The van der Waals surface area contributed by atoms with Gasteiger partial charge in [-0.05, 0) is 65.7 Å². The van der Waals surface area contributed by atoms with Crippen LogP contribution in [0, 0.1) is 0 Å². The number of amides is 2. The van der Waals surface area contributed by atoms with Gasteiger partial charge in [0.1, 0.15) is 0 Å². The molecular weight excluding hydrogens is 406 g/mol. The van der Waals surface area contributed by atoms with E-state index < -0.39 is 0 Å². The molecule has 0 aliphatic heterocycles. The fraction of sp³-hybridized carbons (Fsp3) is 0.160. The van der Waals surface area contributed by atoms with Gasteiger partial charge in [0.2, 0.25) is 0 Å². The fourth-order valence-corrected chi connectivity index (χ4v) is 3.14. The lowest BCUT2D eigenvalue weighted by Crippen LogP contribution is -2.34. The zero-order valence-electron chi connectivity index (χ0n) is 17.7. The summed E-state index contributed by atoms with van der Waals surface area (Å²) in [6.45, 7) is 6.37. The van der Waals surface area contributed by atoms with E-state index in [4.69, 9.17) is 12.2 Å². The monoisotopic (exact) mass is 431 g/mol. The maximum atomic E-state index is 12.5. The Morgan fingerprint density at radius 1 is 0.710 bits per heavy atom. The number of rotatable bonds is 4. The first-order valence-electron chi connectivity index (χ1n) is 9.92. The number of carbonyl (C=O) groups excluding carboxylic acids is 2. The Balaban J connectivity index is 1.60. The normalized spacial score (nSPS) is 10.8. The molecule has 3 N–H and O–H groups in total. The third-order valence-electron chi connectivity index (χ3n) is 4.65. The minimum Gasteiger partial charge on any atom is -0.332 e. The highest BCUT2D eigenvalue weighted by Crippen LogP contribution is 2.22. The van der Waals surface area contributed by atoms with Crippen LogP contribution in [0.5, 0.6) is 0 Å². The van der Waals surface area contributed by atoms with Crippen molar-refractivity contribution in [3.8, 4) is 0 Å². The highest BCUT2D eigenvalue weighted by atomic mass is 32.1. The highest BCUT2D eigenvalue weighted by Gasteiger charge is 2.15. The quantitative estimate of drug-likeness (QED) is 0.486. The molecule has 6 heteroatoms. The molecule has 0 unspecified atom stereocenters. The summed E-state index contributed by atoms with van der Waals surface area (Å²) in [4.78, 5) is 24.8. The Morgan fingerprint density at radius 3 is 1.90 bits per heavy atom. The molecule has 2 amide bonds. The van der Waals surface area contributed by atoms with Gasteiger partial charge in [-0.15, -0.1) is 0 Å².